The van der Waals surface area contributed by atoms with E-state index in [9.17, 15) is 18.8 Å². The number of thioether (sulfide) groups is 1. The van der Waals surface area contributed by atoms with Gasteiger partial charge in [-0.05, 0) is 73.5 Å². The molecule has 4 rings (SSSR count). The topological polar surface area (TPSA) is 87.3 Å². The summed E-state index contributed by atoms with van der Waals surface area (Å²) in [7, 11) is 0. The summed E-state index contributed by atoms with van der Waals surface area (Å²) in [5, 5.41) is 7.83. The number of hydrogen-bond donors (Lipinski definition) is 3. The first kappa shape index (κ1) is 30.6. The largest absolute Gasteiger partial charge is 0.325 e. The standard InChI is InChI=1S/C33H29ClFN3O3S/c1-3-30(33(41)37-25-16-17-28(35)27(34)20-25)42-26-11-7-10-24(19-26)36-32(40)29(18-22-14-12-21(2)13-15-22)38-31(39)23-8-5-4-6-9-23/h4-20,30H,3H2,1-2H3,(H,36,40)(H,37,41)(H,38,39)/b29-18-. The zero-order valence-electron chi connectivity index (χ0n) is 23.0. The SMILES string of the molecule is CCC(Sc1cccc(NC(=O)/C(=C/c2ccc(C)cc2)NC(=O)c2ccccc2)c1)C(=O)Nc1ccc(F)c(Cl)c1. The molecule has 0 spiro atoms. The molecular formula is C33H29ClFN3O3S. The molecule has 0 aliphatic rings. The molecule has 0 aromatic heterocycles. The van der Waals surface area contributed by atoms with E-state index in [4.69, 9.17) is 11.6 Å². The number of halogens is 2. The van der Waals surface area contributed by atoms with Crippen LogP contribution < -0.4 is 16.0 Å². The summed E-state index contributed by atoms with van der Waals surface area (Å²) in [6, 6.07) is 27.3. The molecule has 0 aliphatic carbocycles. The predicted octanol–water partition coefficient (Wildman–Crippen LogP) is 7.71. The molecule has 0 fully saturated rings. The fourth-order valence-electron chi connectivity index (χ4n) is 3.90. The number of anilines is 2. The molecule has 214 valence electrons. The number of benzene rings is 4. The fourth-order valence-corrected chi connectivity index (χ4v) is 5.09. The summed E-state index contributed by atoms with van der Waals surface area (Å²) in [4.78, 5) is 40.0. The highest BCUT2D eigenvalue weighted by Gasteiger charge is 2.20. The normalized spacial score (nSPS) is 11.9. The first-order valence-electron chi connectivity index (χ1n) is 13.2. The first-order valence-corrected chi connectivity index (χ1v) is 14.5. The summed E-state index contributed by atoms with van der Waals surface area (Å²) >= 11 is 7.17. The Morgan fingerprint density at radius 3 is 2.29 bits per heavy atom. The van der Waals surface area contributed by atoms with Gasteiger partial charge >= 0.3 is 0 Å². The zero-order valence-corrected chi connectivity index (χ0v) is 24.6. The maximum absolute atomic E-state index is 13.5. The molecule has 6 nitrogen and oxygen atoms in total. The molecule has 4 aromatic carbocycles. The Bertz CT molecular complexity index is 1610. The number of hydrogen-bond acceptors (Lipinski definition) is 4. The molecule has 9 heteroatoms. The van der Waals surface area contributed by atoms with Gasteiger partial charge in [0.2, 0.25) is 5.91 Å². The number of nitrogens with one attached hydrogen (secondary N) is 3. The quantitative estimate of drug-likeness (QED) is 0.128. The van der Waals surface area contributed by atoms with Gasteiger partial charge in [-0.2, -0.15) is 0 Å². The number of aryl methyl sites for hydroxylation is 1. The van der Waals surface area contributed by atoms with E-state index < -0.39 is 22.9 Å². The second kappa shape index (κ2) is 14.5. The Labute approximate surface area is 253 Å². The lowest BCUT2D eigenvalue weighted by Crippen LogP contribution is -2.30. The molecule has 0 bridgehead atoms. The van der Waals surface area contributed by atoms with Crippen LogP contribution in [0.5, 0.6) is 0 Å². The van der Waals surface area contributed by atoms with E-state index in [1.165, 1.54) is 30.0 Å². The van der Waals surface area contributed by atoms with E-state index >= 15 is 0 Å². The van der Waals surface area contributed by atoms with Crippen molar-refractivity contribution in [1.82, 2.24) is 5.32 Å². The van der Waals surface area contributed by atoms with Crippen LogP contribution in [0.25, 0.3) is 6.08 Å². The van der Waals surface area contributed by atoms with Gasteiger partial charge in [-0.1, -0.05) is 72.6 Å². The van der Waals surface area contributed by atoms with Gasteiger partial charge in [-0.25, -0.2) is 4.39 Å². The third-order valence-corrected chi connectivity index (χ3v) is 7.79. The van der Waals surface area contributed by atoms with Crippen LogP contribution >= 0.6 is 23.4 Å². The molecule has 0 aliphatic heterocycles. The molecule has 1 atom stereocenters. The van der Waals surface area contributed by atoms with Crippen LogP contribution in [0, 0.1) is 12.7 Å². The van der Waals surface area contributed by atoms with Crippen molar-refractivity contribution in [2.24, 2.45) is 0 Å². The second-order valence-electron chi connectivity index (χ2n) is 9.40. The Morgan fingerprint density at radius 1 is 0.881 bits per heavy atom. The van der Waals surface area contributed by atoms with Crippen LogP contribution in [0.4, 0.5) is 15.8 Å². The van der Waals surface area contributed by atoms with Gasteiger partial charge < -0.3 is 16.0 Å². The van der Waals surface area contributed by atoms with Gasteiger partial charge in [-0.3, -0.25) is 14.4 Å². The molecule has 4 aromatic rings. The van der Waals surface area contributed by atoms with E-state index in [-0.39, 0.29) is 16.6 Å². The first-order chi connectivity index (χ1) is 20.2. The lowest BCUT2D eigenvalue weighted by molar-refractivity contribution is -0.116. The number of rotatable bonds is 10. The van der Waals surface area contributed by atoms with Crippen LogP contribution in [0.3, 0.4) is 0 Å². The van der Waals surface area contributed by atoms with Gasteiger partial charge in [0, 0.05) is 21.8 Å². The number of carbonyl (C=O) groups is 3. The van der Waals surface area contributed by atoms with E-state index in [0.717, 1.165) is 16.0 Å². The van der Waals surface area contributed by atoms with E-state index in [1.54, 1.807) is 48.5 Å². The average Bonchev–Trinajstić information content (AvgIpc) is 2.99. The van der Waals surface area contributed by atoms with Gasteiger partial charge in [0.15, 0.2) is 0 Å². The number of amides is 3. The van der Waals surface area contributed by atoms with Gasteiger partial charge in [0.1, 0.15) is 11.5 Å². The Balaban J connectivity index is 1.49. The third kappa shape index (κ3) is 8.55. The second-order valence-corrected chi connectivity index (χ2v) is 11.1. The smallest absolute Gasteiger partial charge is 0.272 e. The summed E-state index contributed by atoms with van der Waals surface area (Å²) in [6.07, 6.45) is 2.14. The maximum atomic E-state index is 13.5. The summed E-state index contributed by atoms with van der Waals surface area (Å²) in [5.74, 6) is -1.73. The molecule has 0 heterocycles. The molecule has 3 N–H and O–H groups in total. The van der Waals surface area contributed by atoms with Crippen LogP contribution in [0.15, 0.2) is 108 Å². The van der Waals surface area contributed by atoms with Crippen LogP contribution in [0.1, 0.15) is 34.8 Å². The van der Waals surface area contributed by atoms with Crippen LogP contribution in [-0.2, 0) is 9.59 Å². The van der Waals surface area contributed by atoms with Crippen molar-refractivity contribution in [2.45, 2.75) is 30.4 Å². The predicted molar refractivity (Wildman–Crippen MR) is 168 cm³/mol. The van der Waals surface area contributed by atoms with Crippen molar-refractivity contribution < 1.29 is 18.8 Å². The highest BCUT2D eigenvalue weighted by atomic mass is 35.5. The van der Waals surface area contributed by atoms with Gasteiger partial charge in [0.05, 0.1) is 10.3 Å². The highest BCUT2D eigenvalue weighted by molar-refractivity contribution is 8.00. The van der Waals surface area contributed by atoms with Crippen molar-refractivity contribution in [3.8, 4) is 0 Å². The lowest BCUT2D eigenvalue weighted by atomic mass is 10.1. The Morgan fingerprint density at radius 2 is 1.60 bits per heavy atom. The minimum atomic E-state index is -0.563. The monoisotopic (exact) mass is 601 g/mol. The molecule has 1 unspecified atom stereocenters. The van der Waals surface area contributed by atoms with Crippen molar-refractivity contribution in [3.63, 3.8) is 0 Å². The van der Waals surface area contributed by atoms with Crippen LogP contribution in [0.2, 0.25) is 5.02 Å². The zero-order chi connectivity index (χ0) is 30.1. The summed E-state index contributed by atoms with van der Waals surface area (Å²) in [5.41, 5.74) is 3.22. The van der Waals surface area contributed by atoms with Gasteiger partial charge in [-0.15, -0.1) is 11.8 Å². The molecular weight excluding hydrogens is 573 g/mol. The molecule has 0 saturated carbocycles. The minimum Gasteiger partial charge on any atom is -0.325 e. The Hall–Kier alpha value is -4.40. The van der Waals surface area contributed by atoms with Crippen molar-refractivity contribution in [3.05, 3.63) is 130 Å². The Kier molecular flexibility index (Phi) is 10.5. The van der Waals surface area contributed by atoms with Crippen molar-refractivity contribution >= 4 is 58.5 Å². The molecule has 0 saturated heterocycles. The van der Waals surface area contributed by atoms with Gasteiger partial charge in [0.25, 0.3) is 11.8 Å². The van der Waals surface area contributed by atoms with Crippen molar-refractivity contribution in [2.75, 3.05) is 10.6 Å². The van der Waals surface area contributed by atoms with E-state index in [1.807, 2.05) is 50.2 Å². The summed E-state index contributed by atoms with van der Waals surface area (Å²) in [6.45, 7) is 3.85. The third-order valence-electron chi connectivity index (χ3n) is 6.14. The lowest BCUT2D eigenvalue weighted by Gasteiger charge is -2.16. The molecule has 0 radical (unpaired) electrons. The minimum absolute atomic E-state index is 0.0762. The summed E-state index contributed by atoms with van der Waals surface area (Å²) < 4.78 is 13.5. The molecule has 3 amide bonds. The average molecular weight is 602 g/mol. The molecule has 42 heavy (non-hydrogen) atoms. The fraction of sp³-hybridized carbons (Fsp3) is 0.121. The van der Waals surface area contributed by atoms with Crippen molar-refractivity contribution in [1.29, 1.82) is 0 Å². The van der Waals surface area contributed by atoms with E-state index in [2.05, 4.69) is 16.0 Å². The maximum Gasteiger partial charge on any atom is 0.272 e. The number of carbonyl (C=O) groups excluding carboxylic acids is 3. The van der Waals surface area contributed by atoms with Crippen LogP contribution in [-0.4, -0.2) is 23.0 Å². The van der Waals surface area contributed by atoms with E-state index in [0.29, 0.717) is 23.4 Å². The highest BCUT2D eigenvalue weighted by Crippen LogP contribution is 2.29.